The van der Waals surface area contributed by atoms with Gasteiger partial charge in [0, 0.05) is 0 Å². The first kappa shape index (κ1) is 5.64. The molecule has 0 aliphatic rings. The maximum absolute atomic E-state index is 10.6. The molecule has 0 unspecified atom stereocenters. The fourth-order valence-corrected chi connectivity index (χ4v) is 0.720. The van der Waals surface area contributed by atoms with Crippen molar-refractivity contribution in [3.63, 3.8) is 0 Å². The molecule has 3 heteroatoms. The number of hydrogen-bond acceptors (Lipinski definition) is 1. The Morgan fingerprint density at radius 3 is 2.75 bits per heavy atom. The zero-order valence-electron chi connectivity index (χ0n) is 4.09. The third kappa shape index (κ3) is 1.01. The van der Waals surface area contributed by atoms with Gasteiger partial charge >= 0.3 is 54.9 Å². The van der Waals surface area contributed by atoms with Crippen LogP contribution in [0.5, 0.6) is 0 Å². The third-order valence-corrected chi connectivity index (χ3v) is 1.54. The summed E-state index contributed by atoms with van der Waals surface area (Å²) in [4.78, 5) is 13.4. The van der Waals surface area contributed by atoms with Gasteiger partial charge in [0.15, 0.2) is 0 Å². The second-order valence-corrected chi connectivity index (χ2v) is 2.40. The summed E-state index contributed by atoms with van der Waals surface area (Å²) < 4.78 is 0.694. The molecule has 1 N–H and O–H groups in total. The molecule has 1 heterocycles. The van der Waals surface area contributed by atoms with Crippen molar-refractivity contribution in [1.29, 1.82) is 0 Å². The molecule has 40 valence electrons. The molecular weight excluding hydrogens is 165 g/mol. The van der Waals surface area contributed by atoms with Gasteiger partial charge in [-0.05, 0) is 0 Å². The van der Waals surface area contributed by atoms with Crippen LogP contribution < -0.4 is 9.78 Å². The molecule has 0 atom stereocenters. The average molecular weight is 169 g/mol. The summed E-state index contributed by atoms with van der Waals surface area (Å²) in [7, 11) is 0. The van der Waals surface area contributed by atoms with E-state index >= 15 is 0 Å². The van der Waals surface area contributed by atoms with Gasteiger partial charge in [-0.25, -0.2) is 0 Å². The Morgan fingerprint density at radius 2 is 2.38 bits per heavy atom. The molecule has 0 bridgehead atoms. The number of H-pyrrole nitrogens is 1. The van der Waals surface area contributed by atoms with Crippen LogP contribution in [0, 0.1) is 0 Å². The molecule has 2 nitrogen and oxygen atoms in total. The van der Waals surface area contributed by atoms with Crippen molar-refractivity contribution in [2.24, 2.45) is 0 Å². The Bertz CT molecular complexity index is 230. The molecule has 0 amide bonds. The van der Waals surface area contributed by atoms with Crippen LogP contribution in [0.3, 0.4) is 0 Å². The Balaban J connectivity index is 3.35. The van der Waals surface area contributed by atoms with Gasteiger partial charge in [-0.2, -0.15) is 0 Å². The Hall–Kier alpha value is -0.492. The van der Waals surface area contributed by atoms with Crippen LogP contribution in [0.15, 0.2) is 23.3 Å². The van der Waals surface area contributed by atoms with E-state index in [2.05, 4.69) is 21.8 Å². The van der Waals surface area contributed by atoms with Gasteiger partial charge in [0.2, 0.25) is 0 Å². The summed E-state index contributed by atoms with van der Waals surface area (Å²) in [6.07, 6.45) is 3.27. The van der Waals surface area contributed by atoms with E-state index in [9.17, 15) is 4.79 Å². The van der Waals surface area contributed by atoms with Gasteiger partial charge in [-0.3, -0.25) is 0 Å². The van der Waals surface area contributed by atoms with Crippen molar-refractivity contribution in [3.05, 3.63) is 28.7 Å². The van der Waals surface area contributed by atoms with E-state index in [4.69, 9.17) is 0 Å². The minimum atomic E-state index is 0.0590. The first-order chi connectivity index (χ1) is 3.80. The monoisotopic (exact) mass is 169 g/mol. The molecule has 0 saturated heterocycles. The molecule has 8 heavy (non-hydrogen) atoms. The fourth-order valence-electron chi connectivity index (χ4n) is 0.407. The summed E-state index contributed by atoms with van der Waals surface area (Å²) in [5.74, 6) is 0. The van der Waals surface area contributed by atoms with Crippen LogP contribution in [-0.4, -0.2) is 21.8 Å². The predicted octanol–water partition coefficient (Wildman–Crippen LogP) is -0.831. The number of aromatic nitrogens is 1. The number of nitrogens with one attached hydrogen (secondary N) is 1. The maximum atomic E-state index is 10.6. The van der Waals surface area contributed by atoms with Crippen molar-refractivity contribution in [1.82, 2.24) is 4.98 Å². The summed E-state index contributed by atoms with van der Waals surface area (Å²) in [5, 5.41) is 0. The zero-order chi connectivity index (χ0) is 5.98. The van der Waals surface area contributed by atoms with Gasteiger partial charge in [-0.15, -0.1) is 0 Å². The van der Waals surface area contributed by atoms with E-state index in [0.29, 0.717) is 4.35 Å². The van der Waals surface area contributed by atoms with Crippen molar-refractivity contribution >= 4 is 21.2 Å². The number of rotatable bonds is 0. The Kier molecular flexibility index (Phi) is 1.54. The zero-order valence-corrected chi connectivity index (χ0v) is 5.96. The molecule has 0 aliphatic heterocycles. The summed E-state index contributed by atoms with van der Waals surface area (Å²) in [6.45, 7) is 0. The summed E-state index contributed by atoms with van der Waals surface area (Å²) >= 11 is 2.20. The molecule has 1 aromatic rings. The van der Waals surface area contributed by atoms with Gasteiger partial charge in [0.25, 0.3) is 0 Å². The SMILES string of the molecule is O=c1cc[nH]cc1[As]. The Morgan fingerprint density at radius 1 is 1.62 bits per heavy atom. The van der Waals surface area contributed by atoms with E-state index in [1.807, 2.05) is 0 Å². The topological polar surface area (TPSA) is 32.9 Å². The summed E-state index contributed by atoms with van der Waals surface area (Å²) in [6, 6.07) is 1.49. The van der Waals surface area contributed by atoms with E-state index in [1.165, 1.54) is 6.07 Å². The standard InChI is InChI=1S/C5H4AsNO/c6-4-3-7-2-1-5(4)8/h1-3H,(H,7,8). The van der Waals surface area contributed by atoms with Gasteiger partial charge in [0.05, 0.1) is 0 Å². The quantitative estimate of drug-likeness (QED) is 0.505. The molecule has 0 saturated carbocycles. The third-order valence-electron chi connectivity index (χ3n) is 0.803. The van der Waals surface area contributed by atoms with Crippen LogP contribution in [0.25, 0.3) is 0 Å². The van der Waals surface area contributed by atoms with Crippen LogP contribution in [-0.2, 0) is 0 Å². The van der Waals surface area contributed by atoms with Crippen molar-refractivity contribution in [3.8, 4) is 0 Å². The molecule has 1 aromatic heterocycles. The van der Waals surface area contributed by atoms with Crippen molar-refractivity contribution in [2.45, 2.75) is 0 Å². The first-order valence-corrected chi connectivity index (χ1v) is 3.10. The average Bonchev–Trinajstić information content (AvgIpc) is 1.77. The second kappa shape index (κ2) is 2.18. The second-order valence-electron chi connectivity index (χ2n) is 1.39. The van der Waals surface area contributed by atoms with Gasteiger partial charge in [0.1, 0.15) is 0 Å². The molecular formula is C5H4AsNO. The van der Waals surface area contributed by atoms with Crippen LogP contribution >= 0.6 is 0 Å². The predicted molar refractivity (Wildman–Crippen MR) is 32.5 cm³/mol. The van der Waals surface area contributed by atoms with E-state index in [0.717, 1.165) is 0 Å². The molecule has 1 rings (SSSR count). The van der Waals surface area contributed by atoms with Crippen LogP contribution in [0.4, 0.5) is 0 Å². The summed E-state index contributed by atoms with van der Waals surface area (Å²) in [5.41, 5.74) is 0.0590. The molecule has 0 aliphatic carbocycles. The molecule has 2 radical (unpaired) electrons. The number of aromatic amines is 1. The Labute approximate surface area is 55.4 Å². The van der Waals surface area contributed by atoms with E-state index in [-0.39, 0.29) is 5.43 Å². The van der Waals surface area contributed by atoms with Gasteiger partial charge in [-0.1, -0.05) is 0 Å². The molecule has 0 aromatic carbocycles. The van der Waals surface area contributed by atoms with Gasteiger partial charge < -0.3 is 0 Å². The minimum absolute atomic E-state index is 0.0590. The first-order valence-electron chi connectivity index (χ1n) is 2.17. The normalized spacial score (nSPS) is 9.12. The van der Waals surface area contributed by atoms with Crippen molar-refractivity contribution < 1.29 is 0 Å². The van der Waals surface area contributed by atoms with Crippen LogP contribution in [0.1, 0.15) is 0 Å². The van der Waals surface area contributed by atoms with E-state index < -0.39 is 0 Å². The van der Waals surface area contributed by atoms with E-state index in [1.54, 1.807) is 12.4 Å². The van der Waals surface area contributed by atoms with Crippen LogP contribution in [0.2, 0.25) is 0 Å². The fraction of sp³-hybridized carbons (Fsp3) is 0. The molecule has 0 spiro atoms. The van der Waals surface area contributed by atoms with Crippen molar-refractivity contribution in [2.75, 3.05) is 0 Å². The number of pyridine rings is 1. The molecule has 0 fully saturated rings. The number of hydrogen-bond donors (Lipinski definition) is 1.